The van der Waals surface area contributed by atoms with E-state index in [2.05, 4.69) is 6.07 Å². The molecule has 0 saturated carbocycles. The summed E-state index contributed by atoms with van der Waals surface area (Å²) in [7, 11) is 0. The van der Waals surface area contributed by atoms with Gasteiger partial charge in [-0.2, -0.15) is 0 Å². The topological polar surface area (TPSA) is 111 Å². The summed E-state index contributed by atoms with van der Waals surface area (Å²) in [4.78, 5) is 35.8. The Bertz CT molecular complexity index is 1390. The van der Waals surface area contributed by atoms with Crippen LogP contribution in [-0.4, -0.2) is 33.8 Å². The van der Waals surface area contributed by atoms with Crippen LogP contribution in [0.3, 0.4) is 0 Å². The number of nitrogens with zero attached hydrogens (tertiary/aromatic N) is 1. The van der Waals surface area contributed by atoms with Crippen molar-refractivity contribution in [3.05, 3.63) is 95.3 Å². The summed E-state index contributed by atoms with van der Waals surface area (Å²) in [5.41, 5.74) is 10.5. The normalized spacial score (nSPS) is 10.9. The molecule has 172 valence electrons. The van der Waals surface area contributed by atoms with Crippen molar-refractivity contribution in [1.82, 2.24) is 4.40 Å². The maximum absolute atomic E-state index is 12.9. The number of ketones is 1. The number of carbonyl (C=O) groups excluding carboxylic acids is 2. The molecule has 0 atom stereocenters. The third kappa shape index (κ3) is 4.41. The number of carbonyl (C=O) groups is 3. The number of amides is 1. The molecule has 4 aromatic rings. The fraction of sp³-hybridized carbons (Fsp3) is 0.148. The number of rotatable bonds is 9. The van der Waals surface area contributed by atoms with Crippen molar-refractivity contribution in [1.29, 1.82) is 0 Å². The lowest BCUT2D eigenvalue weighted by Crippen LogP contribution is -2.24. The molecule has 34 heavy (non-hydrogen) atoms. The van der Waals surface area contributed by atoms with Crippen LogP contribution in [0.4, 0.5) is 0 Å². The predicted molar refractivity (Wildman–Crippen MR) is 128 cm³/mol. The van der Waals surface area contributed by atoms with Gasteiger partial charge in [-0.05, 0) is 40.8 Å². The molecule has 2 heterocycles. The second kappa shape index (κ2) is 9.62. The molecule has 0 unspecified atom stereocenters. The van der Waals surface area contributed by atoms with Gasteiger partial charge < -0.3 is 20.0 Å². The van der Waals surface area contributed by atoms with Crippen molar-refractivity contribution in [2.75, 3.05) is 6.61 Å². The zero-order chi connectivity index (χ0) is 24.2. The molecule has 0 aliphatic rings. The first-order valence-electron chi connectivity index (χ1n) is 10.9. The molecule has 0 fully saturated rings. The molecule has 2 aromatic heterocycles. The van der Waals surface area contributed by atoms with E-state index in [4.69, 9.17) is 15.6 Å². The Morgan fingerprint density at radius 2 is 1.71 bits per heavy atom. The molecule has 7 heteroatoms. The Balaban J connectivity index is 1.88. The van der Waals surface area contributed by atoms with Crippen LogP contribution in [0.25, 0.3) is 16.6 Å². The SMILES string of the molecule is CCc1c(C(=O)C(N)=O)c2c(OCC(=O)O)cccn2c1Cc1cccc(-c2ccccc2)c1. The predicted octanol–water partition coefficient (Wildman–Crippen LogP) is 3.89. The molecular weight excluding hydrogens is 432 g/mol. The largest absolute Gasteiger partial charge is 0.480 e. The smallest absolute Gasteiger partial charge is 0.341 e. The molecular formula is C27H24N2O5. The first-order chi connectivity index (χ1) is 16.4. The Morgan fingerprint density at radius 1 is 0.971 bits per heavy atom. The highest BCUT2D eigenvalue weighted by molar-refractivity contribution is 6.44. The number of nitrogens with two attached hydrogens (primary N) is 1. The standard InChI is InChI=1S/C27H24N2O5/c1-2-20-21(15-17-8-6-11-19(14-17)18-9-4-3-5-10-18)29-13-7-12-22(34-16-23(30)31)25(29)24(20)26(32)27(28)33/h3-14H,2,15-16H2,1H3,(H2,28,33)(H,30,31). The number of primary amides is 1. The van der Waals surface area contributed by atoms with Gasteiger partial charge in [0.25, 0.3) is 11.7 Å². The minimum atomic E-state index is -1.15. The lowest BCUT2D eigenvalue weighted by Gasteiger charge is -2.10. The van der Waals surface area contributed by atoms with Gasteiger partial charge in [0.05, 0.1) is 11.1 Å². The number of ether oxygens (including phenoxy) is 1. The summed E-state index contributed by atoms with van der Waals surface area (Å²) in [6, 6.07) is 21.4. The van der Waals surface area contributed by atoms with Crippen molar-refractivity contribution < 1.29 is 24.2 Å². The zero-order valence-electron chi connectivity index (χ0n) is 18.7. The number of pyridine rings is 1. The van der Waals surface area contributed by atoms with E-state index in [-0.39, 0.29) is 11.3 Å². The third-order valence-electron chi connectivity index (χ3n) is 5.70. The molecule has 0 saturated heterocycles. The summed E-state index contributed by atoms with van der Waals surface area (Å²) >= 11 is 0. The quantitative estimate of drug-likeness (QED) is 0.293. The van der Waals surface area contributed by atoms with Gasteiger partial charge in [0.15, 0.2) is 6.61 Å². The van der Waals surface area contributed by atoms with Gasteiger partial charge in [-0.3, -0.25) is 9.59 Å². The number of hydrogen-bond acceptors (Lipinski definition) is 4. The number of fused-ring (bicyclic) bond motifs is 1. The molecule has 0 spiro atoms. The monoisotopic (exact) mass is 456 g/mol. The van der Waals surface area contributed by atoms with Gasteiger partial charge in [0.2, 0.25) is 0 Å². The lowest BCUT2D eigenvalue weighted by molar-refractivity contribution is -0.139. The van der Waals surface area contributed by atoms with Gasteiger partial charge >= 0.3 is 5.97 Å². The van der Waals surface area contributed by atoms with E-state index < -0.39 is 24.3 Å². The minimum Gasteiger partial charge on any atom is -0.480 e. The summed E-state index contributed by atoms with van der Waals surface area (Å²) in [6.07, 6.45) is 2.73. The minimum absolute atomic E-state index is 0.158. The number of hydrogen-bond donors (Lipinski definition) is 2. The van der Waals surface area contributed by atoms with Gasteiger partial charge in [0, 0.05) is 18.3 Å². The number of aromatic nitrogens is 1. The summed E-state index contributed by atoms with van der Waals surface area (Å²) in [5.74, 6) is -2.85. The molecule has 2 aromatic carbocycles. The Labute approximate surface area is 196 Å². The van der Waals surface area contributed by atoms with Crippen LogP contribution in [0.5, 0.6) is 5.75 Å². The molecule has 7 nitrogen and oxygen atoms in total. The maximum Gasteiger partial charge on any atom is 0.341 e. The number of benzene rings is 2. The first-order valence-corrected chi connectivity index (χ1v) is 10.9. The zero-order valence-corrected chi connectivity index (χ0v) is 18.7. The summed E-state index contributed by atoms with van der Waals surface area (Å²) < 4.78 is 7.26. The van der Waals surface area contributed by atoms with Gasteiger partial charge in [-0.15, -0.1) is 0 Å². The van der Waals surface area contributed by atoms with Crippen LogP contribution < -0.4 is 10.5 Å². The fourth-order valence-corrected chi connectivity index (χ4v) is 4.27. The van der Waals surface area contributed by atoms with E-state index in [0.29, 0.717) is 23.9 Å². The fourth-order valence-electron chi connectivity index (χ4n) is 4.27. The van der Waals surface area contributed by atoms with Crippen molar-refractivity contribution in [3.8, 4) is 16.9 Å². The lowest BCUT2D eigenvalue weighted by atomic mass is 9.97. The number of aliphatic carboxylic acids is 1. The van der Waals surface area contributed by atoms with Crippen LogP contribution in [0.1, 0.15) is 34.1 Å². The van der Waals surface area contributed by atoms with Gasteiger partial charge in [-0.1, -0.05) is 61.5 Å². The molecule has 0 bridgehead atoms. The second-order valence-electron chi connectivity index (χ2n) is 7.86. The van der Waals surface area contributed by atoms with E-state index in [9.17, 15) is 14.4 Å². The van der Waals surface area contributed by atoms with E-state index in [0.717, 1.165) is 22.4 Å². The highest BCUT2D eigenvalue weighted by Gasteiger charge is 2.27. The average Bonchev–Trinajstić information content (AvgIpc) is 3.16. The van der Waals surface area contributed by atoms with Gasteiger partial charge in [-0.25, -0.2) is 4.79 Å². The van der Waals surface area contributed by atoms with Crippen molar-refractivity contribution in [2.24, 2.45) is 5.73 Å². The van der Waals surface area contributed by atoms with Crippen LogP contribution in [0.2, 0.25) is 0 Å². The molecule has 0 aliphatic heterocycles. The highest BCUT2D eigenvalue weighted by Crippen LogP contribution is 2.33. The second-order valence-corrected chi connectivity index (χ2v) is 7.86. The maximum atomic E-state index is 12.9. The third-order valence-corrected chi connectivity index (χ3v) is 5.70. The average molecular weight is 456 g/mol. The van der Waals surface area contributed by atoms with E-state index in [1.807, 2.05) is 55.5 Å². The first kappa shape index (κ1) is 22.8. The molecule has 4 rings (SSSR count). The van der Waals surface area contributed by atoms with Crippen molar-refractivity contribution in [3.63, 3.8) is 0 Å². The van der Waals surface area contributed by atoms with E-state index in [1.165, 1.54) is 0 Å². The number of carboxylic acid groups (broad SMARTS) is 1. The van der Waals surface area contributed by atoms with Crippen molar-refractivity contribution in [2.45, 2.75) is 19.8 Å². The van der Waals surface area contributed by atoms with E-state index in [1.54, 1.807) is 22.7 Å². The molecule has 0 radical (unpaired) electrons. The molecule has 1 amide bonds. The van der Waals surface area contributed by atoms with Crippen molar-refractivity contribution >= 4 is 23.2 Å². The number of Topliss-reactive ketones (excluding diaryl/α,β-unsaturated/α-hetero) is 1. The van der Waals surface area contributed by atoms with Crippen LogP contribution in [0, 0.1) is 0 Å². The molecule has 3 N–H and O–H groups in total. The van der Waals surface area contributed by atoms with E-state index >= 15 is 0 Å². The van der Waals surface area contributed by atoms with Crippen LogP contribution >= 0.6 is 0 Å². The Kier molecular flexibility index (Phi) is 6.45. The number of carboxylic acids is 1. The Morgan fingerprint density at radius 3 is 2.38 bits per heavy atom. The summed E-state index contributed by atoms with van der Waals surface area (Å²) in [5, 5.41) is 9.06. The van der Waals surface area contributed by atoms with Crippen LogP contribution in [0.15, 0.2) is 72.9 Å². The molecule has 0 aliphatic carbocycles. The van der Waals surface area contributed by atoms with Gasteiger partial charge in [0.1, 0.15) is 5.75 Å². The Hall–Kier alpha value is -4.39. The summed E-state index contributed by atoms with van der Waals surface area (Å²) in [6.45, 7) is 1.32. The highest BCUT2D eigenvalue weighted by atomic mass is 16.5. The van der Waals surface area contributed by atoms with Crippen LogP contribution in [-0.2, 0) is 22.4 Å².